The summed E-state index contributed by atoms with van der Waals surface area (Å²) in [6.07, 6.45) is 0. The predicted octanol–water partition coefficient (Wildman–Crippen LogP) is 1.68. The number of nitrogens with zero attached hydrogens (tertiary/aromatic N) is 2. The van der Waals surface area contributed by atoms with Gasteiger partial charge in [0, 0.05) is 30.7 Å². The van der Waals surface area contributed by atoms with Crippen molar-refractivity contribution in [3.63, 3.8) is 0 Å². The fourth-order valence-corrected chi connectivity index (χ4v) is 2.04. The van der Waals surface area contributed by atoms with Gasteiger partial charge in [0.25, 0.3) is 0 Å². The molecule has 21 heavy (non-hydrogen) atoms. The Balaban J connectivity index is 2.77. The molecule has 1 aromatic rings. The minimum absolute atomic E-state index is 0.00998. The molecule has 6 heteroatoms. The van der Waals surface area contributed by atoms with Crippen molar-refractivity contribution in [1.82, 2.24) is 10.2 Å². The minimum atomic E-state index is -0.192. The Bertz CT molecular complexity index is 518. The molecular weight excluding hydrogens is 290 g/mol. The van der Waals surface area contributed by atoms with Crippen LogP contribution in [0, 0.1) is 6.92 Å². The number of nitrogens with one attached hydrogen (secondary N) is 1. The van der Waals surface area contributed by atoms with Crippen LogP contribution >= 0.6 is 11.6 Å². The van der Waals surface area contributed by atoms with Crippen LogP contribution in [0.1, 0.15) is 12.5 Å². The van der Waals surface area contributed by atoms with Crippen LogP contribution in [0.25, 0.3) is 0 Å². The molecule has 0 unspecified atom stereocenters. The summed E-state index contributed by atoms with van der Waals surface area (Å²) in [6.45, 7) is 4.56. The summed E-state index contributed by atoms with van der Waals surface area (Å²) < 4.78 is 0. The Kier molecular flexibility index (Phi) is 6.65. The molecule has 0 aromatic heterocycles. The lowest BCUT2D eigenvalue weighted by molar-refractivity contribution is -0.123. The van der Waals surface area contributed by atoms with E-state index in [1.165, 1.54) is 11.8 Å². The van der Waals surface area contributed by atoms with E-state index in [0.717, 1.165) is 12.1 Å². The molecule has 2 amide bonds. The van der Waals surface area contributed by atoms with Gasteiger partial charge in [-0.1, -0.05) is 17.7 Å². The van der Waals surface area contributed by atoms with Crippen molar-refractivity contribution in [1.29, 1.82) is 0 Å². The van der Waals surface area contributed by atoms with Gasteiger partial charge in [-0.15, -0.1) is 0 Å². The van der Waals surface area contributed by atoms with E-state index in [-0.39, 0.29) is 18.4 Å². The molecular formula is C15H22ClN3O2. The van der Waals surface area contributed by atoms with Crippen LogP contribution in [0.2, 0.25) is 5.02 Å². The highest BCUT2D eigenvalue weighted by Gasteiger charge is 2.18. The topological polar surface area (TPSA) is 52.7 Å². The van der Waals surface area contributed by atoms with Crippen LogP contribution < -0.4 is 10.2 Å². The number of amides is 2. The minimum Gasteiger partial charge on any atom is -0.353 e. The van der Waals surface area contributed by atoms with E-state index >= 15 is 0 Å². The van der Waals surface area contributed by atoms with E-state index in [4.69, 9.17) is 11.6 Å². The molecule has 116 valence electrons. The molecule has 0 saturated heterocycles. The molecule has 0 aliphatic carbocycles. The number of hydrogen-bond acceptors (Lipinski definition) is 3. The number of carbonyl (C=O) groups excluding carboxylic acids is 2. The average molecular weight is 312 g/mol. The first-order valence-electron chi connectivity index (χ1n) is 6.77. The van der Waals surface area contributed by atoms with Crippen molar-refractivity contribution < 1.29 is 9.59 Å². The largest absolute Gasteiger partial charge is 0.353 e. The number of rotatable bonds is 6. The summed E-state index contributed by atoms with van der Waals surface area (Å²) in [4.78, 5) is 27.2. The predicted molar refractivity (Wildman–Crippen MR) is 85.8 cm³/mol. The third-order valence-corrected chi connectivity index (χ3v) is 3.50. The second-order valence-electron chi connectivity index (χ2n) is 5.14. The maximum Gasteiger partial charge on any atom is 0.240 e. The van der Waals surface area contributed by atoms with Gasteiger partial charge in [0.15, 0.2) is 0 Å². The quantitative estimate of drug-likeness (QED) is 0.869. The van der Waals surface area contributed by atoms with Crippen molar-refractivity contribution in [2.75, 3.05) is 38.6 Å². The number of benzene rings is 1. The fourth-order valence-electron chi connectivity index (χ4n) is 1.87. The average Bonchev–Trinajstić information content (AvgIpc) is 2.39. The summed E-state index contributed by atoms with van der Waals surface area (Å²) in [5.41, 5.74) is 1.45. The van der Waals surface area contributed by atoms with Crippen molar-refractivity contribution >= 4 is 29.1 Å². The monoisotopic (exact) mass is 311 g/mol. The van der Waals surface area contributed by atoms with E-state index in [2.05, 4.69) is 5.32 Å². The molecule has 1 rings (SSSR count). The Labute approximate surface area is 130 Å². The van der Waals surface area contributed by atoms with Crippen molar-refractivity contribution in [2.24, 2.45) is 0 Å². The van der Waals surface area contributed by atoms with Crippen LogP contribution in [-0.4, -0.2) is 50.4 Å². The first-order chi connectivity index (χ1) is 9.82. The molecule has 0 atom stereocenters. The number of likely N-dealkylation sites (N-methyl/N-ethyl adjacent to an activating group) is 1. The lowest BCUT2D eigenvalue weighted by Crippen LogP contribution is -2.41. The highest BCUT2D eigenvalue weighted by molar-refractivity contribution is 6.31. The molecule has 0 aliphatic heterocycles. The summed E-state index contributed by atoms with van der Waals surface area (Å²) in [7, 11) is 3.87. The number of hydrogen-bond donors (Lipinski definition) is 1. The molecule has 0 bridgehead atoms. The van der Waals surface area contributed by atoms with Gasteiger partial charge in [0.2, 0.25) is 11.8 Å². The summed E-state index contributed by atoms with van der Waals surface area (Å²) in [5.74, 6) is -0.380. The first-order valence-corrected chi connectivity index (χ1v) is 7.15. The summed E-state index contributed by atoms with van der Waals surface area (Å²) >= 11 is 6.07. The maximum atomic E-state index is 12.0. The normalized spacial score (nSPS) is 10.6. The standard InChI is InChI=1S/C15H22ClN3O2/c1-11-13(16)6-5-7-14(11)19(12(2)20)10-15(21)17-8-9-18(3)4/h5-7H,8-10H2,1-4H3,(H,17,21). The lowest BCUT2D eigenvalue weighted by Gasteiger charge is -2.23. The van der Waals surface area contributed by atoms with E-state index in [1.807, 2.05) is 25.9 Å². The van der Waals surface area contributed by atoms with E-state index in [1.54, 1.807) is 18.2 Å². The van der Waals surface area contributed by atoms with Crippen molar-refractivity contribution in [3.8, 4) is 0 Å². The second-order valence-corrected chi connectivity index (χ2v) is 5.55. The van der Waals surface area contributed by atoms with Gasteiger partial charge in [0.05, 0.1) is 0 Å². The lowest BCUT2D eigenvalue weighted by atomic mass is 10.1. The van der Waals surface area contributed by atoms with Gasteiger partial charge < -0.3 is 15.1 Å². The van der Waals surface area contributed by atoms with Crippen molar-refractivity contribution in [2.45, 2.75) is 13.8 Å². The maximum absolute atomic E-state index is 12.0. The zero-order valence-corrected chi connectivity index (χ0v) is 13.7. The Morgan fingerprint density at radius 2 is 1.95 bits per heavy atom. The molecule has 0 spiro atoms. The van der Waals surface area contributed by atoms with E-state index in [9.17, 15) is 9.59 Å². The zero-order valence-electron chi connectivity index (χ0n) is 12.9. The zero-order chi connectivity index (χ0) is 16.0. The molecule has 1 N–H and O–H groups in total. The number of anilines is 1. The molecule has 0 aliphatic rings. The van der Waals surface area contributed by atoms with E-state index < -0.39 is 0 Å². The van der Waals surface area contributed by atoms with E-state index in [0.29, 0.717) is 17.3 Å². The Morgan fingerprint density at radius 1 is 1.29 bits per heavy atom. The molecule has 0 fully saturated rings. The van der Waals surface area contributed by atoms with Gasteiger partial charge >= 0.3 is 0 Å². The molecule has 0 saturated carbocycles. The van der Waals surface area contributed by atoms with Crippen LogP contribution in [0.5, 0.6) is 0 Å². The first kappa shape index (κ1) is 17.5. The third-order valence-electron chi connectivity index (χ3n) is 3.09. The number of carbonyl (C=O) groups is 2. The van der Waals surface area contributed by atoms with Crippen LogP contribution in [0.3, 0.4) is 0 Å². The fraction of sp³-hybridized carbons (Fsp3) is 0.467. The summed E-state index contributed by atoms with van der Waals surface area (Å²) in [6, 6.07) is 5.32. The van der Waals surface area contributed by atoms with Gasteiger partial charge in [0.1, 0.15) is 6.54 Å². The van der Waals surface area contributed by atoms with Gasteiger partial charge in [-0.3, -0.25) is 9.59 Å². The van der Waals surface area contributed by atoms with Gasteiger partial charge in [-0.2, -0.15) is 0 Å². The van der Waals surface area contributed by atoms with Crippen LogP contribution in [0.4, 0.5) is 5.69 Å². The Morgan fingerprint density at radius 3 is 2.52 bits per heavy atom. The molecule has 1 aromatic carbocycles. The second kappa shape index (κ2) is 8.00. The third kappa shape index (κ3) is 5.36. The Hall–Kier alpha value is -1.59. The van der Waals surface area contributed by atoms with Crippen LogP contribution in [-0.2, 0) is 9.59 Å². The highest BCUT2D eigenvalue weighted by atomic mass is 35.5. The molecule has 0 heterocycles. The van der Waals surface area contributed by atoms with Crippen molar-refractivity contribution in [3.05, 3.63) is 28.8 Å². The van der Waals surface area contributed by atoms with Crippen LogP contribution in [0.15, 0.2) is 18.2 Å². The summed E-state index contributed by atoms with van der Waals surface area (Å²) in [5, 5.41) is 3.37. The highest BCUT2D eigenvalue weighted by Crippen LogP contribution is 2.26. The smallest absolute Gasteiger partial charge is 0.240 e. The molecule has 5 nitrogen and oxygen atoms in total. The number of halogens is 1. The molecule has 0 radical (unpaired) electrons. The van der Waals surface area contributed by atoms with Gasteiger partial charge in [-0.05, 0) is 38.7 Å². The SMILES string of the molecule is CC(=O)N(CC(=O)NCCN(C)C)c1cccc(Cl)c1C. The van der Waals surface area contributed by atoms with Gasteiger partial charge in [-0.25, -0.2) is 0 Å².